The third-order valence-corrected chi connectivity index (χ3v) is 6.49. The lowest BCUT2D eigenvalue weighted by Crippen LogP contribution is -2.38. The highest BCUT2D eigenvalue weighted by Gasteiger charge is 2.25. The van der Waals surface area contributed by atoms with E-state index in [1.165, 1.54) is 0 Å². The molecule has 3 heterocycles. The molecule has 7 heteroatoms. The van der Waals surface area contributed by atoms with Gasteiger partial charge >= 0.3 is 0 Å². The summed E-state index contributed by atoms with van der Waals surface area (Å²) in [5.74, 6) is 0.413. The van der Waals surface area contributed by atoms with Gasteiger partial charge in [0.25, 0.3) is 5.56 Å². The first kappa shape index (κ1) is 21.4. The molecule has 1 aliphatic rings. The van der Waals surface area contributed by atoms with Gasteiger partial charge in [-0.05, 0) is 49.9 Å². The van der Waals surface area contributed by atoms with Gasteiger partial charge in [0.05, 0.1) is 36.2 Å². The largest absolute Gasteiger partial charge is 0.464 e. The number of hydrogen-bond acceptors (Lipinski definition) is 5. The Balaban J connectivity index is 1.43. The molecule has 0 saturated carbocycles. The third kappa shape index (κ3) is 4.28. The van der Waals surface area contributed by atoms with Crippen molar-refractivity contribution in [2.75, 3.05) is 13.2 Å². The van der Waals surface area contributed by atoms with Crippen molar-refractivity contribution in [2.24, 2.45) is 0 Å². The predicted octanol–water partition coefficient (Wildman–Crippen LogP) is 4.04. The number of hydrogen-bond donors (Lipinski definition) is 1. The van der Waals surface area contributed by atoms with Gasteiger partial charge in [-0.15, -0.1) is 0 Å². The Morgan fingerprint density at radius 1 is 1.18 bits per heavy atom. The maximum atomic E-state index is 13.5. The summed E-state index contributed by atoms with van der Waals surface area (Å²) in [6.45, 7) is 5.46. The molecule has 0 aliphatic carbocycles. The highest BCUT2D eigenvalue weighted by Crippen LogP contribution is 2.27. The Morgan fingerprint density at radius 2 is 2.03 bits per heavy atom. The van der Waals surface area contributed by atoms with E-state index in [0.717, 1.165) is 40.5 Å². The number of carbonyl (C=O) groups excluding carboxylic acids is 1. The molecule has 33 heavy (non-hydrogen) atoms. The van der Waals surface area contributed by atoms with Gasteiger partial charge in [-0.1, -0.05) is 24.3 Å². The molecule has 2 aromatic carbocycles. The fraction of sp³-hybridized carbons (Fsp3) is 0.346. The number of carbonyl (C=O) groups is 1. The van der Waals surface area contributed by atoms with Gasteiger partial charge in [-0.25, -0.2) is 4.98 Å². The van der Waals surface area contributed by atoms with Crippen LogP contribution in [-0.4, -0.2) is 40.0 Å². The molecule has 0 spiro atoms. The number of nitrogens with zero attached hydrogens (tertiary/aromatic N) is 2. The van der Waals surface area contributed by atoms with Crippen LogP contribution in [0, 0.1) is 13.8 Å². The van der Waals surface area contributed by atoms with Gasteiger partial charge < -0.3 is 19.0 Å². The van der Waals surface area contributed by atoms with E-state index in [1.807, 2.05) is 38.1 Å². The Bertz CT molecular complexity index is 1380. The number of nitrogens with one attached hydrogen (secondary N) is 1. The highest BCUT2D eigenvalue weighted by atomic mass is 16.5. The molecule has 5 rings (SSSR count). The quantitative estimate of drug-likeness (QED) is 0.484. The standard InChI is InChI=1S/C26H27N3O4/c1-16-9-10-20-18(15-33-25(20)17(16)2)12-24(30)29(13-19-6-5-11-32-19)14-23-27-22-8-4-3-7-21(22)26(31)28-23/h3-4,7-10,15,19H,5-6,11-14H2,1-2H3,(H,27,28,31)/t19-/m0/s1. The van der Waals surface area contributed by atoms with E-state index in [0.29, 0.717) is 29.9 Å². The van der Waals surface area contributed by atoms with Crippen LogP contribution in [0.3, 0.4) is 0 Å². The van der Waals surface area contributed by atoms with Gasteiger partial charge in [0.2, 0.25) is 5.91 Å². The first-order valence-corrected chi connectivity index (χ1v) is 11.3. The zero-order valence-corrected chi connectivity index (χ0v) is 18.9. The molecule has 170 valence electrons. The number of aryl methyl sites for hydroxylation is 2. The number of ether oxygens (including phenoxy) is 1. The second-order valence-electron chi connectivity index (χ2n) is 8.76. The van der Waals surface area contributed by atoms with Crippen LogP contribution in [0.1, 0.15) is 35.4 Å². The summed E-state index contributed by atoms with van der Waals surface area (Å²) >= 11 is 0. The summed E-state index contributed by atoms with van der Waals surface area (Å²) in [5, 5.41) is 1.49. The number of amides is 1. The minimum atomic E-state index is -0.202. The summed E-state index contributed by atoms with van der Waals surface area (Å²) in [6, 6.07) is 11.3. The molecule has 1 N–H and O–H groups in total. The van der Waals surface area contributed by atoms with Crippen LogP contribution in [0.25, 0.3) is 21.9 Å². The minimum absolute atomic E-state index is 0.00730. The number of benzene rings is 2. The molecule has 2 aromatic heterocycles. The van der Waals surface area contributed by atoms with Gasteiger partial charge in [-0.2, -0.15) is 0 Å². The SMILES string of the molecule is Cc1ccc2c(CC(=O)N(Cc3nc4ccccc4c(=O)[nH]3)C[C@@H]3CCCO3)coc2c1C. The fourth-order valence-electron chi connectivity index (χ4n) is 4.48. The number of H-pyrrole nitrogens is 1. The molecular weight excluding hydrogens is 418 g/mol. The van der Waals surface area contributed by atoms with Crippen LogP contribution in [-0.2, 0) is 22.5 Å². The first-order valence-electron chi connectivity index (χ1n) is 11.3. The maximum Gasteiger partial charge on any atom is 0.258 e. The normalized spacial score (nSPS) is 16.0. The van der Waals surface area contributed by atoms with Crippen molar-refractivity contribution in [3.05, 3.63) is 75.5 Å². The maximum absolute atomic E-state index is 13.5. The third-order valence-electron chi connectivity index (χ3n) is 6.49. The molecule has 1 atom stereocenters. The van der Waals surface area contributed by atoms with Crippen LogP contribution in [0.4, 0.5) is 0 Å². The Hall–Kier alpha value is -3.45. The molecule has 7 nitrogen and oxygen atoms in total. The van der Waals surface area contributed by atoms with E-state index in [9.17, 15) is 9.59 Å². The fourth-order valence-corrected chi connectivity index (χ4v) is 4.48. The van der Waals surface area contributed by atoms with Gasteiger partial charge in [0.1, 0.15) is 11.4 Å². The number of aromatic nitrogens is 2. The lowest BCUT2D eigenvalue weighted by molar-refractivity contribution is -0.132. The number of rotatable bonds is 6. The van der Waals surface area contributed by atoms with Crippen molar-refractivity contribution in [1.29, 1.82) is 0 Å². The lowest BCUT2D eigenvalue weighted by atomic mass is 10.0. The molecule has 1 saturated heterocycles. The molecule has 0 radical (unpaired) electrons. The number of para-hydroxylation sites is 1. The predicted molar refractivity (Wildman–Crippen MR) is 126 cm³/mol. The number of aromatic amines is 1. The zero-order chi connectivity index (χ0) is 22.9. The van der Waals surface area contributed by atoms with E-state index < -0.39 is 0 Å². The Kier molecular flexibility index (Phi) is 5.72. The van der Waals surface area contributed by atoms with Crippen molar-refractivity contribution in [3.8, 4) is 0 Å². The molecule has 1 aliphatic heterocycles. The molecule has 0 bridgehead atoms. The summed E-state index contributed by atoms with van der Waals surface area (Å²) in [4.78, 5) is 35.2. The summed E-state index contributed by atoms with van der Waals surface area (Å²) in [5.41, 5.74) is 4.33. The lowest BCUT2D eigenvalue weighted by Gasteiger charge is -2.25. The average molecular weight is 446 g/mol. The second-order valence-corrected chi connectivity index (χ2v) is 8.76. The van der Waals surface area contributed by atoms with E-state index in [1.54, 1.807) is 17.2 Å². The van der Waals surface area contributed by atoms with Crippen LogP contribution in [0.15, 0.2) is 51.9 Å². The van der Waals surface area contributed by atoms with Gasteiger partial charge in [0, 0.05) is 24.1 Å². The monoisotopic (exact) mass is 445 g/mol. The van der Waals surface area contributed by atoms with Crippen LogP contribution < -0.4 is 5.56 Å². The van der Waals surface area contributed by atoms with Crippen LogP contribution in [0.5, 0.6) is 0 Å². The van der Waals surface area contributed by atoms with Crippen LogP contribution >= 0.6 is 0 Å². The van der Waals surface area contributed by atoms with E-state index in [-0.39, 0.29) is 30.5 Å². The van der Waals surface area contributed by atoms with Crippen molar-refractivity contribution < 1.29 is 13.9 Å². The topological polar surface area (TPSA) is 88.4 Å². The Morgan fingerprint density at radius 3 is 2.85 bits per heavy atom. The number of fused-ring (bicyclic) bond motifs is 2. The highest BCUT2D eigenvalue weighted by molar-refractivity contribution is 5.89. The van der Waals surface area contributed by atoms with E-state index in [2.05, 4.69) is 16.0 Å². The van der Waals surface area contributed by atoms with Crippen molar-refractivity contribution in [1.82, 2.24) is 14.9 Å². The molecule has 4 aromatic rings. The molecular formula is C26H27N3O4. The summed E-state index contributed by atoms with van der Waals surface area (Å²) in [7, 11) is 0. The molecule has 0 unspecified atom stereocenters. The van der Waals surface area contributed by atoms with Crippen LogP contribution in [0.2, 0.25) is 0 Å². The van der Waals surface area contributed by atoms with Gasteiger partial charge in [0.15, 0.2) is 0 Å². The van der Waals surface area contributed by atoms with Crippen molar-refractivity contribution in [2.45, 2.75) is 45.8 Å². The number of furan rings is 1. The average Bonchev–Trinajstić information content (AvgIpc) is 3.46. The first-order chi connectivity index (χ1) is 16.0. The Labute approximate surface area is 191 Å². The van der Waals surface area contributed by atoms with E-state index >= 15 is 0 Å². The molecule has 1 fully saturated rings. The summed E-state index contributed by atoms with van der Waals surface area (Å²) in [6.07, 6.45) is 3.78. The second kappa shape index (κ2) is 8.83. The van der Waals surface area contributed by atoms with Crippen molar-refractivity contribution in [3.63, 3.8) is 0 Å². The van der Waals surface area contributed by atoms with E-state index in [4.69, 9.17) is 9.15 Å². The molecule has 1 amide bonds. The van der Waals surface area contributed by atoms with Gasteiger partial charge in [-0.3, -0.25) is 9.59 Å². The summed E-state index contributed by atoms with van der Waals surface area (Å²) < 4.78 is 11.6. The zero-order valence-electron chi connectivity index (χ0n) is 18.9. The smallest absolute Gasteiger partial charge is 0.258 e. The minimum Gasteiger partial charge on any atom is -0.464 e. The van der Waals surface area contributed by atoms with Crippen molar-refractivity contribution >= 4 is 27.8 Å².